The Hall–Kier alpha value is -1.83. The van der Waals surface area contributed by atoms with Crippen LogP contribution < -0.4 is 9.83 Å². The van der Waals surface area contributed by atoms with Gasteiger partial charge in [0.15, 0.2) is 0 Å². The highest BCUT2D eigenvalue weighted by Gasteiger charge is 2.18. The molecule has 5 nitrogen and oxygen atoms in total. The second-order valence-corrected chi connectivity index (χ2v) is 6.66. The third-order valence-corrected chi connectivity index (χ3v) is 4.65. The third-order valence-electron chi connectivity index (χ3n) is 2.64. The first-order valence-corrected chi connectivity index (χ1v) is 7.93. The molecule has 2 aromatic rings. The molecule has 2 rings (SSSR count). The molecular formula is C13H7Cl2FNO4S-. The molecule has 0 radical (unpaired) electrons. The van der Waals surface area contributed by atoms with E-state index in [1.807, 2.05) is 0 Å². The van der Waals surface area contributed by atoms with E-state index in [0.29, 0.717) is 0 Å². The van der Waals surface area contributed by atoms with Crippen LogP contribution in [0.5, 0.6) is 0 Å². The minimum Gasteiger partial charge on any atom is -0.545 e. The van der Waals surface area contributed by atoms with Gasteiger partial charge in [-0.15, -0.1) is 0 Å². The van der Waals surface area contributed by atoms with Crippen molar-refractivity contribution in [1.82, 2.24) is 0 Å². The summed E-state index contributed by atoms with van der Waals surface area (Å²) in [6, 6.07) is 6.20. The molecule has 0 aliphatic carbocycles. The number of rotatable bonds is 4. The minimum absolute atomic E-state index is 0.0481. The molecule has 0 aromatic heterocycles. The summed E-state index contributed by atoms with van der Waals surface area (Å²) in [7, 11) is -4.13. The quantitative estimate of drug-likeness (QED) is 0.903. The smallest absolute Gasteiger partial charge is 0.261 e. The molecule has 0 saturated heterocycles. The van der Waals surface area contributed by atoms with E-state index in [1.165, 1.54) is 0 Å². The topological polar surface area (TPSA) is 86.3 Å². The van der Waals surface area contributed by atoms with Gasteiger partial charge in [-0.3, -0.25) is 4.72 Å². The average molecular weight is 363 g/mol. The summed E-state index contributed by atoms with van der Waals surface area (Å²) < 4.78 is 39.5. The number of aromatic carboxylic acids is 1. The van der Waals surface area contributed by atoms with Crippen LogP contribution in [0.3, 0.4) is 0 Å². The van der Waals surface area contributed by atoms with E-state index >= 15 is 0 Å². The highest BCUT2D eigenvalue weighted by Crippen LogP contribution is 2.26. The third kappa shape index (κ3) is 3.49. The Balaban J connectivity index is 2.42. The number of carboxylic acids is 1. The van der Waals surface area contributed by atoms with Crippen molar-refractivity contribution in [2.75, 3.05) is 4.72 Å². The Kier molecular flexibility index (Phi) is 4.60. The Bertz CT molecular complexity index is 855. The van der Waals surface area contributed by atoms with Gasteiger partial charge < -0.3 is 9.90 Å². The average Bonchev–Trinajstić information content (AvgIpc) is 2.42. The molecular weight excluding hydrogens is 356 g/mol. The van der Waals surface area contributed by atoms with Gasteiger partial charge in [-0.1, -0.05) is 23.2 Å². The maximum atomic E-state index is 12.9. The van der Waals surface area contributed by atoms with Crippen LogP contribution in [0.4, 0.5) is 10.1 Å². The van der Waals surface area contributed by atoms with Gasteiger partial charge in [-0.05, 0) is 36.4 Å². The lowest BCUT2D eigenvalue weighted by Gasteiger charge is -2.12. The van der Waals surface area contributed by atoms with Crippen LogP contribution in [-0.2, 0) is 10.0 Å². The van der Waals surface area contributed by atoms with Crippen molar-refractivity contribution in [2.45, 2.75) is 4.90 Å². The first kappa shape index (κ1) is 16.5. The number of carboxylic acid groups (broad SMARTS) is 1. The molecule has 0 bridgehead atoms. The minimum atomic E-state index is -4.13. The molecule has 0 aliphatic rings. The van der Waals surface area contributed by atoms with Gasteiger partial charge in [0.1, 0.15) is 5.82 Å². The zero-order chi connectivity index (χ0) is 16.5. The molecule has 2 aromatic carbocycles. The highest BCUT2D eigenvalue weighted by molar-refractivity contribution is 7.92. The van der Waals surface area contributed by atoms with Crippen molar-refractivity contribution in [1.29, 1.82) is 0 Å². The van der Waals surface area contributed by atoms with E-state index in [2.05, 4.69) is 4.72 Å². The predicted octanol–water partition coefficient (Wildman–Crippen LogP) is 2.30. The van der Waals surface area contributed by atoms with Crippen LogP contribution in [0.25, 0.3) is 0 Å². The van der Waals surface area contributed by atoms with E-state index in [4.69, 9.17) is 23.2 Å². The van der Waals surface area contributed by atoms with E-state index in [-0.39, 0.29) is 20.6 Å². The van der Waals surface area contributed by atoms with E-state index < -0.39 is 27.4 Å². The van der Waals surface area contributed by atoms with Crippen molar-refractivity contribution < 1.29 is 22.7 Å². The number of carbonyl (C=O) groups is 1. The van der Waals surface area contributed by atoms with E-state index in [9.17, 15) is 22.7 Å². The summed E-state index contributed by atoms with van der Waals surface area (Å²) in [6.07, 6.45) is 0. The van der Waals surface area contributed by atoms with Crippen LogP contribution >= 0.6 is 23.2 Å². The van der Waals surface area contributed by atoms with Crippen LogP contribution in [0.15, 0.2) is 41.3 Å². The van der Waals surface area contributed by atoms with Gasteiger partial charge in [-0.2, -0.15) is 0 Å². The molecule has 1 N–H and O–H groups in total. The second-order valence-electron chi connectivity index (χ2n) is 4.16. The number of hydrogen-bond acceptors (Lipinski definition) is 4. The molecule has 9 heteroatoms. The summed E-state index contributed by atoms with van der Waals surface area (Å²) in [5, 5.41) is 10.6. The normalized spacial score (nSPS) is 11.2. The molecule has 116 valence electrons. The number of nitrogens with one attached hydrogen (secondary N) is 1. The zero-order valence-corrected chi connectivity index (χ0v) is 13.0. The van der Waals surface area contributed by atoms with Crippen LogP contribution in [0.2, 0.25) is 10.0 Å². The lowest BCUT2D eigenvalue weighted by molar-refractivity contribution is -0.255. The predicted molar refractivity (Wildman–Crippen MR) is 78.0 cm³/mol. The van der Waals surface area contributed by atoms with Gasteiger partial charge >= 0.3 is 0 Å². The number of sulfonamides is 1. The zero-order valence-electron chi connectivity index (χ0n) is 10.6. The fourth-order valence-corrected chi connectivity index (χ4v) is 3.17. The van der Waals surface area contributed by atoms with Gasteiger partial charge in [0.25, 0.3) is 10.0 Å². The fourth-order valence-electron chi connectivity index (χ4n) is 1.60. The SMILES string of the molecule is O=C([O-])c1cc(S(=O)(=O)Nc2ccc(F)cc2Cl)ccc1Cl. The summed E-state index contributed by atoms with van der Waals surface area (Å²) >= 11 is 11.4. The first-order valence-electron chi connectivity index (χ1n) is 5.69. The first-order chi connectivity index (χ1) is 10.2. The van der Waals surface area contributed by atoms with Gasteiger partial charge in [-0.25, -0.2) is 12.8 Å². The van der Waals surface area contributed by atoms with Crippen molar-refractivity contribution in [3.05, 3.63) is 57.8 Å². The number of hydrogen-bond donors (Lipinski definition) is 1. The van der Waals surface area contributed by atoms with Crippen LogP contribution in [0.1, 0.15) is 10.4 Å². The number of carbonyl (C=O) groups excluding carboxylic acids is 1. The van der Waals surface area contributed by atoms with Crippen molar-refractivity contribution in [3.8, 4) is 0 Å². The molecule has 0 spiro atoms. The molecule has 0 heterocycles. The highest BCUT2D eigenvalue weighted by atomic mass is 35.5. The second kappa shape index (κ2) is 6.12. The molecule has 0 unspecified atom stereocenters. The summed E-state index contributed by atoms with van der Waals surface area (Å²) in [5.41, 5.74) is -0.511. The molecule has 0 amide bonds. The standard InChI is InChI=1S/C13H8Cl2FNO4S/c14-10-3-2-8(6-9(10)13(18)19)22(20,21)17-12-4-1-7(16)5-11(12)15/h1-6,17H,(H,18,19)/p-1. The molecule has 0 saturated carbocycles. The summed E-state index contributed by atoms with van der Waals surface area (Å²) in [4.78, 5) is 10.5. The Morgan fingerprint density at radius 3 is 2.36 bits per heavy atom. The van der Waals surface area contributed by atoms with Crippen molar-refractivity contribution in [2.24, 2.45) is 0 Å². The Morgan fingerprint density at radius 1 is 1.09 bits per heavy atom. The van der Waals surface area contributed by atoms with Crippen molar-refractivity contribution >= 4 is 44.9 Å². The van der Waals surface area contributed by atoms with Gasteiger partial charge in [0, 0.05) is 10.6 Å². The van der Waals surface area contributed by atoms with Crippen LogP contribution in [-0.4, -0.2) is 14.4 Å². The number of anilines is 1. The molecule has 0 aliphatic heterocycles. The maximum absolute atomic E-state index is 12.9. The summed E-state index contributed by atoms with van der Waals surface area (Å²) in [6.45, 7) is 0. The molecule has 0 fully saturated rings. The van der Waals surface area contributed by atoms with E-state index in [0.717, 1.165) is 36.4 Å². The van der Waals surface area contributed by atoms with E-state index in [1.54, 1.807) is 0 Å². The Morgan fingerprint density at radius 2 is 1.77 bits per heavy atom. The Labute approximate surface area is 135 Å². The number of benzene rings is 2. The lowest BCUT2D eigenvalue weighted by Crippen LogP contribution is -2.23. The monoisotopic (exact) mass is 362 g/mol. The molecule has 0 atom stereocenters. The largest absolute Gasteiger partial charge is 0.545 e. The molecule has 22 heavy (non-hydrogen) atoms. The maximum Gasteiger partial charge on any atom is 0.261 e. The van der Waals surface area contributed by atoms with Gasteiger partial charge in [0.2, 0.25) is 0 Å². The fraction of sp³-hybridized carbons (Fsp3) is 0. The van der Waals surface area contributed by atoms with Gasteiger partial charge in [0.05, 0.1) is 21.6 Å². The van der Waals surface area contributed by atoms with Crippen LogP contribution in [0, 0.1) is 5.82 Å². The lowest BCUT2D eigenvalue weighted by atomic mass is 10.2. The summed E-state index contributed by atoms with van der Waals surface area (Å²) in [5.74, 6) is -2.24. The van der Waals surface area contributed by atoms with Crippen molar-refractivity contribution in [3.63, 3.8) is 0 Å². The number of halogens is 3.